The van der Waals surface area contributed by atoms with Gasteiger partial charge in [-0.1, -0.05) is 161 Å². The predicted octanol–water partition coefficient (Wildman–Crippen LogP) is 18.3. The smallest absolute Gasteiger partial charge is 0.274 e. The first kappa shape index (κ1) is 88.7. The zero-order chi connectivity index (χ0) is 91.5. The minimum Gasteiger partial charge on any atom is -0.379 e. The van der Waals surface area contributed by atoms with Crippen molar-refractivity contribution in [3.05, 3.63) is 393 Å². The standard InChI is InChI=1S/C22H23N5O.C20H18ClN5O.C20H19N5O.C19H16ClN5O.C16H12ClN5OS/c1-13-8-9-17(10-15(13)3)21-25-22-24-18(11-20(28)27(22)26-21)12-23-19-7-5-6-14(2)16(19)4;1-12-5-3-6-14(9-12)19-24-20-23-15(10-18(27)26(20)25-19)11-22-17-8-4-7-16(21)13(17)2;1-13-6-8-16(9-7-13)21-12-17-11-18(26)25-20(22-17)23-19(24-25)15-5-3-4-14(2)10-15;1-12-4-2-3-5-16(12)21-11-15-10-17(26)25-19(22-15)23-18(24-25)13-6-8-14(20)9-7-13;17-10-3-1-4-11(7-10)18-9-12-8-14(23)22-16(19-12)20-15(21-22)13-5-2-6-24-13/h5-11,23H,12H2,1-4H3,(H,24,25,26);3-10,22H,11H2,1-2H3,(H,23,24,25);3-11,21H,12H2,1-2H3,(H,22,23,24);2-10,21H,11H2,1H3,(H,22,23,24);1-8,18H,9H2,(H,19,20,21). The second-order valence-electron chi connectivity index (χ2n) is 31.1. The van der Waals surface area contributed by atoms with Crippen LogP contribution in [0.2, 0.25) is 15.1 Å². The Kier molecular flexibility index (Phi) is 26.9. The lowest BCUT2D eigenvalue weighted by Crippen LogP contribution is -2.17. The molecule has 11 aromatic heterocycles. The molecule has 11 heterocycles. The van der Waals surface area contributed by atoms with Crippen LogP contribution in [0.1, 0.15) is 78.5 Å². The van der Waals surface area contributed by atoms with Gasteiger partial charge in [0.05, 0.1) is 66.1 Å². The van der Waals surface area contributed by atoms with Crippen LogP contribution in [-0.2, 0) is 32.7 Å². The van der Waals surface area contributed by atoms with Gasteiger partial charge in [-0.2, -0.15) is 47.5 Å². The maximum Gasteiger partial charge on any atom is 0.274 e. The molecule has 20 aromatic rings. The number of benzene rings is 9. The van der Waals surface area contributed by atoms with E-state index in [0.717, 1.165) is 77.8 Å². The van der Waals surface area contributed by atoms with Crippen molar-refractivity contribution in [2.45, 2.75) is 95.0 Å². The van der Waals surface area contributed by atoms with E-state index < -0.39 is 0 Å². The van der Waals surface area contributed by atoms with Gasteiger partial charge in [0.25, 0.3) is 56.7 Å². The fourth-order valence-electron chi connectivity index (χ4n) is 13.9. The van der Waals surface area contributed by atoms with Crippen molar-refractivity contribution in [3.8, 4) is 56.3 Å². The van der Waals surface area contributed by atoms with Crippen LogP contribution in [0.15, 0.2) is 272 Å². The maximum atomic E-state index is 12.5. The number of aromatic amines is 5. The normalized spacial score (nSPS) is 11.1. The second kappa shape index (κ2) is 39.7. The van der Waals surface area contributed by atoms with Crippen LogP contribution in [0.3, 0.4) is 0 Å². The summed E-state index contributed by atoms with van der Waals surface area (Å²) >= 11 is 19.6. The van der Waals surface area contributed by atoms with Crippen LogP contribution < -0.4 is 54.4 Å². The lowest BCUT2D eigenvalue weighted by molar-refractivity contribution is 0.878. The minimum absolute atomic E-state index is 0.176. The molecule has 131 heavy (non-hydrogen) atoms. The zero-order valence-electron chi connectivity index (χ0n) is 72.5. The summed E-state index contributed by atoms with van der Waals surface area (Å²) in [6, 6.07) is 75.8. The van der Waals surface area contributed by atoms with Crippen LogP contribution >= 0.6 is 46.1 Å². The van der Waals surface area contributed by atoms with E-state index in [1.54, 1.807) is 29.5 Å². The number of aryl methyl sites for hydroxylation is 7. The summed E-state index contributed by atoms with van der Waals surface area (Å²) in [6.45, 7) is 20.5. The monoisotopic (exact) mass is 1820 g/mol. The van der Waals surface area contributed by atoms with Crippen molar-refractivity contribution >= 4 is 103 Å². The molecule has 0 fully saturated rings. The van der Waals surface area contributed by atoms with Crippen LogP contribution in [-0.4, -0.2) is 97.9 Å². The molecule has 0 saturated carbocycles. The van der Waals surface area contributed by atoms with Gasteiger partial charge in [-0.3, -0.25) is 49.5 Å². The number of halogens is 3. The van der Waals surface area contributed by atoms with E-state index in [1.807, 2.05) is 222 Å². The number of thiophene rings is 1. The number of aromatic nitrogens is 20. The summed E-state index contributed by atoms with van der Waals surface area (Å²) in [5.74, 6) is 4.85. The lowest BCUT2D eigenvalue weighted by atomic mass is 10.1. The highest BCUT2D eigenvalue weighted by Gasteiger charge is 2.18. The molecule has 0 bridgehead atoms. The van der Waals surface area contributed by atoms with Crippen molar-refractivity contribution in [2.75, 3.05) is 26.6 Å². The molecule has 0 aliphatic rings. The summed E-state index contributed by atoms with van der Waals surface area (Å²) < 4.78 is 6.78. The number of H-pyrrole nitrogens is 5. The first-order valence-corrected chi connectivity index (χ1v) is 43.7. The molecule has 0 unspecified atom stereocenters. The van der Waals surface area contributed by atoms with E-state index in [1.165, 1.54) is 80.7 Å². The Labute approximate surface area is 767 Å². The zero-order valence-corrected chi connectivity index (χ0v) is 75.6. The molecule has 0 aliphatic heterocycles. The van der Waals surface area contributed by atoms with Gasteiger partial charge in [0.1, 0.15) is 0 Å². The molecule has 0 atom stereocenters. The van der Waals surface area contributed by atoms with Gasteiger partial charge < -0.3 is 26.6 Å². The highest BCUT2D eigenvalue weighted by Crippen LogP contribution is 2.28. The molecule has 0 spiro atoms. The number of fused-ring (bicyclic) bond motifs is 5. The van der Waals surface area contributed by atoms with Crippen LogP contribution in [0, 0.1) is 62.3 Å². The highest BCUT2D eigenvalue weighted by atomic mass is 35.5. The first-order valence-electron chi connectivity index (χ1n) is 41.6. The summed E-state index contributed by atoms with van der Waals surface area (Å²) in [5, 5.41) is 35.4. The number of nitrogens with zero attached hydrogens (tertiary/aromatic N) is 15. The van der Waals surface area contributed by atoms with Gasteiger partial charge in [0.15, 0.2) is 29.1 Å². The van der Waals surface area contributed by atoms with Gasteiger partial charge in [-0.05, 0) is 204 Å². The van der Waals surface area contributed by atoms with Gasteiger partial charge in [0, 0.05) is 96.1 Å². The molecule has 9 aromatic carbocycles. The van der Waals surface area contributed by atoms with E-state index in [0.29, 0.717) is 134 Å². The molecule has 0 radical (unpaired) electrons. The van der Waals surface area contributed by atoms with Gasteiger partial charge in [0.2, 0.25) is 0 Å². The van der Waals surface area contributed by atoms with Crippen molar-refractivity contribution in [1.29, 1.82) is 0 Å². The maximum absolute atomic E-state index is 12.5. The van der Waals surface area contributed by atoms with Crippen LogP contribution in [0.5, 0.6) is 0 Å². The van der Waals surface area contributed by atoms with Crippen LogP contribution in [0.4, 0.5) is 28.4 Å². The van der Waals surface area contributed by atoms with E-state index >= 15 is 0 Å². The lowest BCUT2D eigenvalue weighted by Gasteiger charge is -2.10. The molecule has 34 heteroatoms. The second-order valence-corrected chi connectivity index (χ2v) is 33.3. The average molecular weight is 1820 g/mol. The molecule has 10 N–H and O–H groups in total. The summed E-state index contributed by atoms with van der Waals surface area (Å²) in [5.41, 5.74) is 21.0. The molecule has 658 valence electrons. The van der Waals surface area contributed by atoms with Crippen molar-refractivity contribution in [2.24, 2.45) is 0 Å². The van der Waals surface area contributed by atoms with Crippen molar-refractivity contribution in [1.82, 2.24) is 97.9 Å². The average Bonchev–Trinajstić information content (AvgIpc) is 1.66. The summed E-state index contributed by atoms with van der Waals surface area (Å²) in [7, 11) is 0. The third-order valence-corrected chi connectivity index (χ3v) is 23.1. The molecule has 20 rings (SSSR count). The van der Waals surface area contributed by atoms with Crippen molar-refractivity contribution < 1.29 is 0 Å². The summed E-state index contributed by atoms with van der Waals surface area (Å²) in [4.78, 5) is 108. The Morgan fingerprint density at radius 1 is 0.282 bits per heavy atom. The Morgan fingerprint density at radius 3 is 1.15 bits per heavy atom. The topological polar surface area (TPSA) is 375 Å². The summed E-state index contributed by atoms with van der Waals surface area (Å²) in [6.07, 6.45) is 0. The van der Waals surface area contributed by atoms with E-state index in [4.69, 9.17) is 34.8 Å². The van der Waals surface area contributed by atoms with E-state index in [-0.39, 0.29) is 27.8 Å². The highest BCUT2D eigenvalue weighted by molar-refractivity contribution is 7.13. The van der Waals surface area contributed by atoms with Gasteiger partial charge in [-0.25, -0.2) is 24.9 Å². The predicted molar refractivity (Wildman–Crippen MR) is 520 cm³/mol. The number of nitrogens with one attached hydrogen (secondary N) is 10. The van der Waals surface area contributed by atoms with Gasteiger partial charge >= 0.3 is 0 Å². The largest absolute Gasteiger partial charge is 0.379 e. The Balaban J connectivity index is 0.000000120. The molecule has 30 nitrogen and oxygen atoms in total. The fraction of sp³-hybridized carbons (Fsp3) is 0.144. The third-order valence-electron chi connectivity index (χ3n) is 21.4. The van der Waals surface area contributed by atoms with E-state index in [9.17, 15) is 24.0 Å². The molecular formula is C97H88Cl3N25O5S. The molecular weight excluding hydrogens is 1730 g/mol. The Bertz CT molecular complexity index is 7880. The third kappa shape index (κ3) is 21.6. The molecule has 0 aliphatic carbocycles. The number of hydrogen-bond acceptors (Lipinski definition) is 21. The minimum atomic E-state index is -0.204. The van der Waals surface area contributed by atoms with Gasteiger partial charge in [-0.15, -0.1) is 11.3 Å². The van der Waals surface area contributed by atoms with Crippen molar-refractivity contribution in [3.63, 3.8) is 0 Å². The molecule has 0 amide bonds. The fourth-order valence-corrected chi connectivity index (χ4v) is 15.1. The van der Waals surface area contributed by atoms with E-state index in [2.05, 4.69) is 142 Å². The first-order chi connectivity index (χ1) is 63.3. The SMILES string of the molecule is Cc1ccc(-c2nc3nc(CNc4cccc(C)c4C)cc(=O)n3[nH]2)cc1C.Cc1ccc(NCc2cc(=O)n3[nH]c(-c4cccc(C)c4)nc3n2)cc1.Cc1cccc(-c2nc3nc(CNc4cccc(Cl)c4C)cc(=O)n3[nH]2)c1.Cc1ccccc1NCc1cc(=O)n2[nH]c(-c3ccc(Cl)cc3)nc2n1.O=c1cc(CNc2cccc(Cl)c2)nc2nc(-c3cccs3)[nH]n12. The molecule has 0 saturated heterocycles. The Morgan fingerprint density at radius 2 is 0.679 bits per heavy atom. The Hall–Kier alpha value is -15.7. The number of anilines is 5. The number of hydrogen-bond donors (Lipinski definition) is 10. The number of rotatable bonds is 20. The number of para-hydroxylation sites is 1. The van der Waals surface area contributed by atoms with Crippen LogP contribution in [0.25, 0.3) is 85.1 Å². The quantitative estimate of drug-likeness (QED) is 0.0339.